The summed E-state index contributed by atoms with van der Waals surface area (Å²) in [5.74, 6) is -3.24. The van der Waals surface area contributed by atoms with Crippen LogP contribution in [0.5, 0.6) is 5.75 Å². The van der Waals surface area contributed by atoms with Gasteiger partial charge in [0.25, 0.3) is 10.1 Å². The molecular formula is C27H27N5O19S6. The van der Waals surface area contributed by atoms with Crippen molar-refractivity contribution in [1.82, 2.24) is 0 Å². The summed E-state index contributed by atoms with van der Waals surface area (Å²) >= 11 is -1.74. The number of sulfone groups is 2. The summed E-state index contributed by atoms with van der Waals surface area (Å²) in [6.45, 7) is -0.326. The van der Waals surface area contributed by atoms with Crippen LogP contribution in [0.2, 0.25) is 0 Å². The number of rotatable bonds is 23. The maximum absolute atomic E-state index is 12.8. The molecule has 0 radical (unpaired) electrons. The Hall–Kier alpha value is -3.80. The van der Waals surface area contributed by atoms with E-state index in [9.17, 15) is 39.1 Å². The molecule has 310 valence electrons. The molecule has 57 heavy (non-hydrogen) atoms. The first-order valence-corrected chi connectivity index (χ1v) is 22.4. The number of anilines is 1. The van der Waals surface area contributed by atoms with Crippen LogP contribution in [-0.2, 0) is 73.2 Å². The fourth-order valence-electron chi connectivity index (χ4n) is 4.40. The number of fused-ring (bicyclic) bond motifs is 1. The summed E-state index contributed by atoms with van der Waals surface area (Å²) in [7, 11) is -12.5. The van der Waals surface area contributed by atoms with Gasteiger partial charge in [0.15, 0.2) is 48.8 Å². The summed E-state index contributed by atoms with van der Waals surface area (Å²) in [6.07, 6.45) is 0. The largest absolute Gasteiger partial charge is 0.505 e. The van der Waals surface area contributed by atoms with Gasteiger partial charge in [-0.2, -0.15) is 18.6 Å². The van der Waals surface area contributed by atoms with Crippen LogP contribution >= 0.6 is 24.4 Å². The number of aromatic hydroxyl groups is 1. The average Bonchev–Trinajstić information content (AvgIpc) is 3.17. The molecule has 1 unspecified atom stereocenters. The Morgan fingerprint density at radius 3 is 2.09 bits per heavy atom. The quantitative estimate of drug-likeness (QED) is 0.0130. The highest BCUT2D eigenvalue weighted by molar-refractivity contribution is 7.94. The second-order valence-corrected chi connectivity index (χ2v) is 18.5. The normalized spacial score (nSPS) is 13.2. The van der Waals surface area contributed by atoms with Gasteiger partial charge >= 0.3 is 0 Å². The molecule has 4 aromatic rings. The lowest BCUT2D eigenvalue weighted by Crippen LogP contribution is -2.14. The Labute approximate surface area is 332 Å². The molecule has 0 bridgehead atoms. The first-order valence-electron chi connectivity index (χ1n) is 14.9. The topological polar surface area (TPSA) is 347 Å². The fraction of sp³-hybridized carbons (Fsp3) is 0.185. The van der Waals surface area contributed by atoms with Gasteiger partial charge in [-0.05, 0) is 60.7 Å². The van der Waals surface area contributed by atoms with E-state index in [0.717, 1.165) is 6.07 Å². The summed E-state index contributed by atoms with van der Waals surface area (Å²) < 4.78 is 112. The molecular weight excluding hydrogens is 891 g/mol. The highest BCUT2D eigenvalue weighted by Crippen LogP contribution is 2.48. The van der Waals surface area contributed by atoms with Crippen LogP contribution in [0, 0.1) is 0 Å². The predicted molar refractivity (Wildman–Crippen MR) is 198 cm³/mol. The molecule has 0 aromatic heterocycles. The number of phenolic OH excluding ortho intramolecular Hbond substituents is 1. The maximum atomic E-state index is 12.8. The first kappa shape index (κ1) is 45.9. The van der Waals surface area contributed by atoms with Crippen LogP contribution in [0.4, 0.5) is 28.4 Å². The molecule has 0 amide bonds. The Balaban J connectivity index is 1.73. The van der Waals surface area contributed by atoms with Gasteiger partial charge in [-0.3, -0.25) is 8.74 Å². The number of benzene rings is 4. The van der Waals surface area contributed by atoms with E-state index in [0.29, 0.717) is 12.0 Å². The molecule has 0 aliphatic heterocycles. The summed E-state index contributed by atoms with van der Waals surface area (Å²) in [5, 5.41) is 65.8. The van der Waals surface area contributed by atoms with Gasteiger partial charge in [-0.15, -0.1) is 23.2 Å². The zero-order valence-electron chi connectivity index (χ0n) is 28.1. The van der Waals surface area contributed by atoms with Crippen LogP contribution in [-0.4, -0.2) is 84.6 Å². The number of nitrogens with one attached hydrogen (secondary N) is 1. The standard InChI is InChI=1S/C27H27N5O19S6/c33-27-21-8-9-23(28-16-57(42,43)44)25(31-29-17-4-6-19(7-5-17)55(38,39)12-10-45-53-50-47-35)22(21)15-24(52-49-46-34)26(27)32-30-18-2-1-3-20(14-18)56(40,41)13-11-54(37)51-48-36/h1-9,14-15,28,33-36H,10-13,16H2,(H,42,43,44). The number of hydrogen-bond acceptors (Lipinski definition) is 25. The molecule has 0 heterocycles. The number of azo groups is 2. The molecule has 30 heteroatoms. The highest BCUT2D eigenvalue weighted by Gasteiger charge is 2.21. The summed E-state index contributed by atoms with van der Waals surface area (Å²) in [6, 6.07) is 14.0. The Morgan fingerprint density at radius 2 is 1.40 bits per heavy atom. The third-order valence-corrected chi connectivity index (χ3v) is 12.8. The summed E-state index contributed by atoms with van der Waals surface area (Å²) in [4.78, 5) is -0.469. The zero-order chi connectivity index (χ0) is 41.6. The van der Waals surface area contributed by atoms with E-state index in [-0.39, 0.29) is 72.8 Å². The summed E-state index contributed by atoms with van der Waals surface area (Å²) in [5.41, 5.74) is -0.381. The number of nitrogens with zero attached hydrogens (tertiary/aromatic N) is 4. The Morgan fingerprint density at radius 1 is 0.719 bits per heavy atom. The molecule has 1 atom stereocenters. The van der Waals surface area contributed by atoms with Crippen LogP contribution in [0.25, 0.3) is 10.8 Å². The van der Waals surface area contributed by atoms with Crippen molar-refractivity contribution in [3.63, 3.8) is 0 Å². The predicted octanol–water partition coefficient (Wildman–Crippen LogP) is 5.70. The van der Waals surface area contributed by atoms with E-state index in [1.807, 2.05) is 0 Å². The molecule has 0 saturated carbocycles. The van der Waals surface area contributed by atoms with Gasteiger partial charge in [-0.1, -0.05) is 21.2 Å². The van der Waals surface area contributed by atoms with E-state index in [2.05, 4.69) is 53.9 Å². The molecule has 4 rings (SSSR count). The smallest absolute Gasteiger partial charge is 0.283 e. The van der Waals surface area contributed by atoms with Gasteiger partial charge in [0.2, 0.25) is 0 Å². The lowest BCUT2D eigenvalue weighted by atomic mass is 10.1. The third kappa shape index (κ3) is 13.6. The molecule has 6 N–H and O–H groups in total. The molecule has 24 nitrogen and oxygen atoms in total. The van der Waals surface area contributed by atoms with Crippen molar-refractivity contribution in [3.8, 4) is 5.75 Å². The van der Waals surface area contributed by atoms with E-state index in [4.69, 9.17) is 20.0 Å². The zero-order valence-corrected chi connectivity index (χ0v) is 33.0. The SMILES string of the molecule is O=S(CCS(=O)(=O)c1cccc(N=Nc2c(SOOO)cc3c(N=Nc4ccc(S(=O)(=O)CCOSOOO)cc4)c(NCS(=O)(=O)O)ccc3c2O)c1)OOO. The average molecular weight is 918 g/mol. The van der Waals surface area contributed by atoms with Crippen molar-refractivity contribution < 1.29 is 87.2 Å². The Bertz CT molecular complexity index is 2440. The van der Waals surface area contributed by atoms with Crippen molar-refractivity contribution in [2.75, 3.05) is 35.1 Å². The fourth-order valence-corrected chi connectivity index (χ4v) is 9.02. The van der Waals surface area contributed by atoms with Gasteiger partial charge in [-0.25, -0.2) is 36.8 Å². The van der Waals surface area contributed by atoms with Crippen LogP contribution in [0.15, 0.2) is 102 Å². The monoisotopic (exact) mass is 917 g/mol. The first-order chi connectivity index (χ1) is 27.1. The lowest BCUT2D eigenvalue weighted by molar-refractivity contribution is -0.434. The molecule has 4 aromatic carbocycles. The van der Waals surface area contributed by atoms with Crippen molar-refractivity contribution in [3.05, 3.63) is 66.7 Å². The number of phenols is 1. The minimum absolute atomic E-state index is 0.0146. The second-order valence-electron chi connectivity index (χ2n) is 10.5. The van der Waals surface area contributed by atoms with E-state index >= 15 is 0 Å². The van der Waals surface area contributed by atoms with Crippen molar-refractivity contribution in [2.24, 2.45) is 20.5 Å². The molecule has 0 spiro atoms. The lowest BCUT2D eigenvalue weighted by Gasteiger charge is -2.14. The third-order valence-electron chi connectivity index (χ3n) is 6.87. The highest BCUT2D eigenvalue weighted by atomic mass is 32.2. The maximum Gasteiger partial charge on any atom is 0.283 e. The van der Waals surface area contributed by atoms with Crippen molar-refractivity contribution >= 4 is 104 Å². The molecule has 0 saturated heterocycles. The van der Waals surface area contributed by atoms with Crippen molar-refractivity contribution in [1.29, 1.82) is 0 Å². The van der Waals surface area contributed by atoms with Gasteiger partial charge < -0.3 is 10.4 Å². The second kappa shape index (κ2) is 21.3. The molecule has 0 fully saturated rings. The van der Waals surface area contributed by atoms with Crippen LogP contribution in [0.1, 0.15) is 0 Å². The van der Waals surface area contributed by atoms with Crippen molar-refractivity contribution in [2.45, 2.75) is 14.7 Å². The van der Waals surface area contributed by atoms with Gasteiger partial charge in [0.05, 0.1) is 67.7 Å². The van der Waals surface area contributed by atoms with Gasteiger partial charge in [0, 0.05) is 10.8 Å². The van der Waals surface area contributed by atoms with Crippen LogP contribution < -0.4 is 5.32 Å². The number of hydrogen-bond donors (Lipinski definition) is 6. The van der Waals surface area contributed by atoms with E-state index in [1.165, 1.54) is 60.7 Å². The Kier molecular flexibility index (Phi) is 17.1. The van der Waals surface area contributed by atoms with Gasteiger partial charge in [0.1, 0.15) is 17.3 Å². The van der Waals surface area contributed by atoms with Crippen LogP contribution in [0.3, 0.4) is 0 Å². The molecule has 0 aliphatic carbocycles. The van der Waals surface area contributed by atoms with E-state index in [1.54, 1.807) is 0 Å². The van der Waals surface area contributed by atoms with E-state index < -0.39 is 69.8 Å². The minimum atomic E-state index is -4.57. The molecule has 0 aliphatic rings. The minimum Gasteiger partial charge on any atom is -0.505 e.